The Hall–Kier alpha value is -2.06. The normalized spacial score (nSPS) is 18.9. The van der Waals surface area contributed by atoms with E-state index in [4.69, 9.17) is 4.74 Å². The highest BCUT2D eigenvalue weighted by Gasteiger charge is 2.37. The van der Waals surface area contributed by atoms with Gasteiger partial charge in [-0.15, -0.1) is 0 Å². The topological polar surface area (TPSA) is 81.7 Å². The van der Waals surface area contributed by atoms with Crippen LogP contribution >= 0.6 is 0 Å². The zero-order valence-electron chi connectivity index (χ0n) is 10.3. The highest BCUT2D eigenvalue weighted by molar-refractivity contribution is 5.95. The third-order valence-electron chi connectivity index (χ3n) is 2.40. The standard InChI is InChI=1S/C11H12F3NO5/c1-6(11(12,13)14)10(18)15-5-9(17)20-7-2-3-19-8(16)4-7/h7H,1-5H2,(H,15,18). The number of rotatable bonds is 4. The third-order valence-corrected chi connectivity index (χ3v) is 2.40. The molecular weight excluding hydrogens is 283 g/mol. The van der Waals surface area contributed by atoms with Gasteiger partial charge in [-0.2, -0.15) is 13.2 Å². The van der Waals surface area contributed by atoms with Crippen molar-refractivity contribution < 1.29 is 37.0 Å². The van der Waals surface area contributed by atoms with Crippen molar-refractivity contribution in [3.05, 3.63) is 12.2 Å². The van der Waals surface area contributed by atoms with Gasteiger partial charge in [0.15, 0.2) is 0 Å². The van der Waals surface area contributed by atoms with Crippen molar-refractivity contribution in [1.29, 1.82) is 0 Å². The van der Waals surface area contributed by atoms with Gasteiger partial charge in [0.05, 0.1) is 13.0 Å². The molecule has 1 aliphatic rings. The molecule has 1 fully saturated rings. The second-order valence-corrected chi connectivity index (χ2v) is 3.98. The molecule has 20 heavy (non-hydrogen) atoms. The van der Waals surface area contributed by atoms with Gasteiger partial charge in [0.25, 0.3) is 5.91 Å². The summed E-state index contributed by atoms with van der Waals surface area (Å²) in [4.78, 5) is 33.2. The summed E-state index contributed by atoms with van der Waals surface area (Å²) in [6, 6.07) is 0. The number of alkyl halides is 3. The summed E-state index contributed by atoms with van der Waals surface area (Å²) < 4.78 is 45.8. The van der Waals surface area contributed by atoms with E-state index < -0.39 is 42.2 Å². The monoisotopic (exact) mass is 295 g/mol. The Morgan fingerprint density at radius 1 is 1.45 bits per heavy atom. The molecule has 1 unspecified atom stereocenters. The molecule has 9 heteroatoms. The van der Waals surface area contributed by atoms with Gasteiger partial charge >= 0.3 is 18.1 Å². The molecule has 1 atom stereocenters. The molecule has 0 aromatic carbocycles. The maximum Gasteiger partial charge on any atom is 0.421 e. The maximum atomic E-state index is 12.1. The number of carbonyl (C=O) groups is 3. The molecule has 1 rings (SSSR count). The summed E-state index contributed by atoms with van der Waals surface area (Å²) in [5.74, 6) is -2.96. The van der Waals surface area contributed by atoms with Crippen LogP contribution in [0, 0.1) is 0 Å². The Morgan fingerprint density at radius 2 is 2.10 bits per heavy atom. The molecule has 0 radical (unpaired) electrons. The fourth-order valence-electron chi connectivity index (χ4n) is 1.37. The van der Waals surface area contributed by atoms with E-state index in [9.17, 15) is 27.6 Å². The highest BCUT2D eigenvalue weighted by atomic mass is 19.4. The quantitative estimate of drug-likeness (QED) is 0.602. The first-order valence-corrected chi connectivity index (χ1v) is 5.59. The number of hydrogen-bond donors (Lipinski definition) is 1. The van der Waals surface area contributed by atoms with Crippen LogP contribution in [0.5, 0.6) is 0 Å². The van der Waals surface area contributed by atoms with E-state index in [2.05, 4.69) is 11.3 Å². The van der Waals surface area contributed by atoms with Gasteiger partial charge in [-0.1, -0.05) is 6.58 Å². The van der Waals surface area contributed by atoms with Crippen molar-refractivity contribution in [3.8, 4) is 0 Å². The minimum atomic E-state index is -4.86. The first kappa shape index (κ1) is 16.0. The Morgan fingerprint density at radius 3 is 2.65 bits per heavy atom. The number of cyclic esters (lactones) is 1. The molecule has 0 spiro atoms. The van der Waals surface area contributed by atoms with Crippen molar-refractivity contribution in [2.75, 3.05) is 13.2 Å². The van der Waals surface area contributed by atoms with Crippen LogP contribution in [0.1, 0.15) is 12.8 Å². The average molecular weight is 295 g/mol. The summed E-state index contributed by atoms with van der Waals surface area (Å²) in [6.07, 6.45) is -5.36. The molecule has 0 aromatic heterocycles. The predicted molar refractivity (Wildman–Crippen MR) is 58.3 cm³/mol. The van der Waals surface area contributed by atoms with Gasteiger partial charge in [-0.3, -0.25) is 14.4 Å². The van der Waals surface area contributed by atoms with Crippen LogP contribution in [-0.4, -0.2) is 43.3 Å². The number of hydrogen-bond acceptors (Lipinski definition) is 5. The molecule has 0 bridgehead atoms. The number of halogens is 3. The van der Waals surface area contributed by atoms with Crippen LogP contribution < -0.4 is 5.32 Å². The third kappa shape index (κ3) is 4.90. The molecule has 1 saturated heterocycles. The molecule has 112 valence electrons. The van der Waals surface area contributed by atoms with E-state index in [1.165, 1.54) is 0 Å². The van der Waals surface area contributed by atoms with E-state index >= 15 is 0 Å². The molecule has 0 aliphatic carbocycles. The van der Waals surface area contributed by atoms with Crippen LogP contribution in [0.3, 0.4) is 0 Å². The van der Waals surface area contributed by atoms with Crippen molar-refractivity contribution >= 4 is 17.8 Å². The Labute approximate surface area is 111 Å². The van der Waals surface area contributed by atoms with Crippen LogP contribution in [0.2, 0.25) is 0 Å². The zero-order valence-corrected chi connectivity index (χ0v) is 10.3. The largest absolute Gasteiger partial charge is 0.465 e. The number of nitrogens with one attached hydrogen (secondary N) is 1. The van der Waals surface area contributed by atoms with E-state index in [1.54, 1.807) is 5.32 Å². The van der Waals surface area contributed by atoms with Gasteiger partial charge in [-0.25, -0.2) is 0 Å². The van der Waals surface area contributed by atoms with Crippen LogP contribution in [-0.2, 0) is 23.9 Å². The van der Waals surface area contributed by atoms with E-state index in [1.807, 2.05) is 0 Å². The number of amides is 1. The van der Waals surface area contributed by atoms with Gasteiger partial charge in [0, 0.05) is 6.42 Å². The van der Waals surface area contributed by atoms with Crippen molar-refractivity contribution in [1.82, 2.24) is 5.32 Å². The lowest BCUT2D eigenvalue weighted by Crippen LogP contribution is -2.37. The van der Waals surface area contributed by atoms with Crippen molar-refractivity contribution in [3.63, 3.8) is 0 Å². The van der Waals surface area contributed by atoms with Crippen LogP contribution in [0.15, 0.2) is 12.2 Å². The van der Waals surface area contributed by atoms with Crippen LogP contribution in [0.25, 0.3) is 0 Å². The molecular formula is C11H12F3NO5. The molecule has 0 aromatic rings. The fourth-order valence-corrected chi connectivity index (χ4v) is 1.37. The fraction of sp³-hybridized carbons (Fsp3) is 0.545. The minimum Gasteiger partial charge on any atom is -0.465 e. The summed E-state index contributed by atoms with van der Waals surface area (Å²) in [7, 11) is 0. The van der Waals surface area contributed by atoms with Crippen molar-refractivity contribution in [2.45, 2.75) is 25.1 Å². The zero-order chi connectivity index (χ0) is 15.3. The lowest BCUT2D eigenvalue weighted by molar-refractivity contribution is -0.162. The van der Waals surface area contributed by atoms with Crippen molar-refractivity contribution in [2.24, 2.45) is 0 Å². The molecule has 6 nitrogen and oxygen atoms in total. The molecule has 1 amide bonds. The van der Waals surface area contributed by atoms with Crippen LogP contribution in [0.4, 0.5) is 13.2 Å². The second kappa shape index (κ2) is 6.40. The van der Waals surface area contributed by atoms with Gasteiger partial charge in [0.1, 0.15) is 18.2 Å². The average Bonchev–Trinajstić information content (AvgIpc) is 2.34. The minimum absolute atomic E-state index is 0.105. The first-order valence-electron chi connectivity index (χ1n) is 5.59. The summed E-state index contributed by atoms with van der Waals surface area (Å²) in [5, 5.41) is 1.74. The second-order valence-electron chi connectivity index (χ2n) is 3.98. The van der Waals surface area contributed by atoms with E-state index in [-0.39, 0.29) is 13.0 Å². The van der Waals surface area contributed by atoms with Gasteiger partial charge in [0.2, 0.25) is 0 Å². The van der Waals surface area contributed by atoms with Gasteiger partial charge in [-0.05, 0) is 0 Å². The Balaban J connectivity index is 2.34. The van der Waals surface area contributed by atoms with E-state index in [0.29, 0.717) is 6.42 Å². The maximum absolute atomic E-state index is 12.1. The highest BCUT2D eigenvalue weighted by Crippen LogP contribution is 2.23. The Kier molecular flexibility index (Phi) is 5.12. The lowest BCUT2D eigenvalue weighted by Gasteiger charge is -2.21. The molecule has 1 N–H and O–H groups in total. The lowest BCUT2D eigenvalue weighted by atomic mass is 10.1. The number of esters is 2. The summed E-state index contributed by atoms with van der Waals surface area (Å²) in [5.41, 5.74) is -1.61. The molecule has 0 saturated carbocycles. The smallest absolute Gasteiger partial charge is 0.421 e. The molecule has 1 heterocycles. The number of ether oxygens (including phenoxy) is 2. The van der Waals surface area contributed by atoms with E-state index in [0.717, 1.165) is 0 Å². The van der Waals surface area contributed by atoms with Gasteiger partial charge < -0.3 is 14.8 Å². The number of carbonyl (C=O) groups excluding carboxylic acids is 3. The Bertz CT molecular complexity index is 432. The molecule has 1 aliphatic heterocycles. The SMILES string of the molecule is C=C(C(=O)NCC(=O)OC1CCOC(=O)C1)C(F)(F)F. The summed E-state index contributed by atoms with van der Waals surface area (Å²) >= 11 is 0. The predicted octanol–water partition coefficient (Wildman–Crippen LogP) is 0.470. The first-order chi connectivity index (χ1) is 9.20. The summed E-state index contributed by atoms with van der Waals surface area (Å²) in [6.45, 7) is 1.95.